The van der Waals surface area contributed by atoms with Crippen molar-refractivity contribution in [2.24, 2.45) is 5.92 Å². The molecule has 1 saturated heterocycles. The monoisotopic (exact) mass is 442 g/mol. The van der Waals surface area contributed by atoms with Gasteiger partial charge in [-0.25, -0.2) is 0 Å². The molecule has 0 aromatic carbocycles. The van der Waals surface area contributed by atoms with Crippen molar-refractivity contribution in [2.45, 2.75) is 80.9 Å². The second-order valence-electron chi connectivity index (χ2n) is 8.37. The average Bonchev–Trinajstić information content (AvgIpc) is 2.74. The van der Waals surface area contributed by atoms with Crippen LogP contribution < -0.4 is 5.32 Å². The topological polar surface area (TPSA) is 74.6 Å². The van der Waals surface area contributed by atoms with Crippen molar-refractivity contribution in [3.8, 4) is 0 Å². The molecule has 3 rings (SSSR count). The van der Waals surface area contributed by atoms with Crippen LogP contribution in [0.3, 0.4) is 0 Å². The molecule has 3 atom stereocenters. The Morgan fingerprint density at radius 3 is 2.69 bits per heavy atom. The molecule has 3 unspecified atom stereocenters. The predicted molar refractivity (Wildman–Crippen MR) is 121 cm³/mol. The Kier molecular flexibility index (Phi) is 9.54. The van der Waals surface area contributed by atoms with E-state index >= 15 is 0 Å². The van der Waals surface area contributed by atoms with Crippen LogP contribution in [0, 0.1) is 11.3 Å². The molecule has 0 amide bonds. The zero-order chi connectivity index (χ0) is 20.6. The summed E-state index contributed by atoms with van der Waals surface area (Å²) in [5.41, 5.74) is 0.264. The van der Waals surface area contributed by atoms with Gasteiger partial charge in [-0.1, -0.05) is 30.0 Å². The Labute approximate surface area is 184 Å². The molecule has 0 radical (unpaired) electrons. The van der Waals surface area contributed by atoms with Gasteiger partial charge in [-0.2, -0.15) is 0 Å². The van der Waals surface area contributed by atoms with Crippen LogP contribution in [0.2, 0.25) is 0 Å². The summed E-state index contributed by atoms with van der Waals surface area (Å²) in [7, 11) is 0. The van der Waals surface area contributed by atoms with E-state index in [4.69, 9.17) is 26.5 Å². The lowest BCUT2D eigenvalue weighted by atomic mass is 9.93. The maximum atomic E-state index is 9.69. The van der Waals surface area contributed by atoms with Gasteiger partial charge in [-0.05, 0) is 57.8 Å². The number of nitrogens with one attached hydrogen (secondary N) is 2. The van der Waals surface area contributed by atoms with Gasteiger partial charge in [0.1, 0.15) is 5.44 Å². The first kappa shape index (κ1) is 23.3. The first-order valence-corrected chi connectivity index (χ1v) is 12.2. The second kappa shape index (κ2) is 11.9. The first-order valence-electron chi connectivity index (χ1n) is 10.9. The van der Waals surface area contributed by atoms with Crippen molar-refractivity contribution >= 4 is 29.1 Å². The Morgan fingerprint density at radius 1 is 1.31 bits per heavy atom. The maximum absolute atomic E-state index is 9.69. The number of ether oxygens (including phenoxy) is 2. The minimum absolute atomic E-state index is 0.0580. The molecule has 7 heteroatoms. The summed E-state index contributed by atoms with van der Waals surface area (Å²) in [4.78, 5) is 1.12. The third kappa shape index (κ3) is 7.67. The summed E-state index contributed by atoms with van der Waals surface area (Å²) < 4.78 is 11.9. The summed E-state index contributed by atoms with van der Waals surface area (Å²) >= 11 is 7.77. The number of aliphatic hydroxyl groups excluding tert-OH is 1. The normalized spacial score (nSPS) is 30.6. The van der Waals surface area contributed by atoms with Crippen LogP contribution in [0.1, 0.15) is 51.9 Å². The van der Waals surface area contributed by atoms with Crippen molar-refractivity contribution in [1.29, 1.82) is 5.41 Å². The van der Waals surface area contributed by atoms with Gasteiger partial charge in [-0.3, -0.25) is 0 Å². The fraction of sp³-hybridized carbons (Fsp3) is 0.773. The van der Waals surface area contributed by atoms with E-state index in [1.54, 1.807) is 11.8 Å². The molecule has 29 heavy (non-hydrogen) atoms. The lowest BCUT2D eigenvalue weighted by molar-refractivity contribution is -0.0204. The summed E-state index contributed by atoms with van der Waals surface area (Å²) in [6.07, 6.45) is 12.6. The molecule has 0 aromatic rings. The Balaban J connectivity index is 1.56. The number of allylic oxidation sites excluding steroid dienone is 3. The number of aliphatic hydroxyl groups is 1. The summed E-state index contributed by atoms with van der Waals surface area (Å²) in [6, 6.07) is 0.378. The third-order valence-corrected chi connectivity index (χ3v) is 7.60. The van der Waals surface area contributed by atoms with E-state index in [2.05, 4.69) is 18.3 Å². The molecule has 3 N–H and O–H groups in total. The highest BCUT2D eigenvalue weighted by Gasteiger charge is 2.28. The predicted octanol–water partition coefficient (Wildman–Crippen LogP) is 4.24. The quantitative estimate of drug-likeness (QED) is 0.283. The Bertz CT molecular complexity index is 587. The second-order valence-corrected chi connectivity index (χ2v) is 10.1. The summed E-state index contributed by atoms with van der Waals surface area (Å²) in [5, 5.41) is 22.0. The molecule has 164 valence electrons. The molecule has 2 fully saturated rings. The van der Waals surface area contributed by atoms with Crippen LogP contribution in [0.4, 0.5) is 0 Å². The van der Waals surface area contributed by atoms with E-state index in [9.17, 15) is 5.11 Å². The zero-order valence-electron chi connectivity index (χ0n) is 17.3. The highest BCUT2D eigenvalue weighted by molar-refractivity contribution is 8.04. The summed E-state index contributed by atoms with van der Waals surface area (Å²) in [6.45, 7) is 4.25. The van der Waals surface area contributed by atoms with Gasteiger partial charge in [-0.15, -0.1) is 11.6 Å². The van der Waals surface area contributed by atoms with Gasteiger partial charge in [0.25, 0.3) is 0 Å². The van der Waals surface area contributed by atoms with Gasteiger partial charge in [0, 0.05) is 30.7 Å². The molecule has 1 aliphatic heterocycles. The van der Waals surface area contributed by atoms with Gasteiger partial charge >= 0.3 is 0 Å². The molecule has 5 nitrogen and oxygen atoms in total. The SMILES string of the molecule is CC(OC(SC1=CCC(Cl)C=C1)C(=N)CNC1CCC(O)CC1)C1CCOCC1. The van der Waals surface area contributed by atoms with Crippen molar-refractivity contribution < 1.29 is 14.6 Å². The molecule has 0 spiro atoms. The fourth-order valence-corrected chi connectivity index (χ4v) is 5.29. The molecular formula is C22H35ClN2O3S. The largest absolute Gasteiger partial charge is 0.393 e. The fourth-order valence-electron chi connectivity index (χ4n) is 4.08. The third-order valence-electron chi connectivity index (χ3n) is 6.09. The van der Waals surface area contributed by atoms with Gasteiger partial charge < -0.3 is 25.3 Å². The lowest BCUT2D eigenvalue weighted by Crippen LogP contribution is -2.41. The highest BCUT2D eigenvalue weighted by Crippen LogP contribution is 2.32. The molecule has 1 heterocycles. The molecule has 2 aliphatic carbocycles. The maximum Gasteiger partial charge on any atom is 0.146 e. The van der Waals surface area contributed by atoms with Crippen LogP contribution in [-0.2, 0) is 9.47 Å². The standard InChI is InChI=1S/C22H35ClN2O3S/c1-15(16-10-12-27-13-11-16)28-22(29-20-8-2-17(23)3-9-20)21(24)14-25-18-4-6-19(26)7-5-18/h2,8-9,15-19,22,24-26H,3-7,10-14H2,1H3. The number of hydrogen-bond acceptors (Lipinski definition) is 6. The number of alkyl halides is 1. The van der Waals surface area contributed by atoms with Crippen molar-refractivity contribution in [3.05, 3.63) is 23.1 Å². The minimum Gasteiger partial charge on any atom is -0.393 e. The van der Waals surface area contributed by atoms with Crippen molar-refractivity contribution in [1.82, 2.24) is 5.32 Å². The minimum atomic E-state index is -0.308. The van der Waals surface area contributed by atoms with Gasteiger partial charge in [0.2, 0.25) is 0 Å². The van der Waals surface area contributed by atoms with Gasteiger partial charge in [0.05, 0.1) is 23.3 Å². The number of rotatable bonds is 9. The first-order chi connectivity index (χ1) is 14.0. The number of halogens is 1. The van der Waals surface area contributed by atoms with Gasteiger partial charge in [0.15, 0.2) is 0 Å². The van der Waals surface area contributed by atoms with Crippen LogP contribution in [0.15, 0.2) is 23.1 Å². The molecular weight excluding hydrogens is 408 g/mol. The smallest absolute Gasteiger partial charge is 0.146 e. The molecule has 0 aromatic heterocycles. The van der Waals surface area contributed by atoms with Crippen LogP contribution in [0.5, 0.6) is 0 Å². The van der Waals surface area contributed by atoms with E-state index in [0.29, 0.717) is 24.2 Å². The average molecular weight is 443 g/mol. The molecule has 1 saturated carbocycles. The Hall–Kier alpha value is -0.370. The van der Waals surface area contributed by atoms with Crippen LogP contribution in [-0.4, -0.2) is 59.6 Å². The number of thioether (sulfide) groups is 1. The van der Waals surface area contributed by atoms with E-state index < -0.39 is 0 Å². The lowest BCUT2D eigenvalue weighted by Gasteiger charge is -2.32. The highest BCUT2D eigenvalue weighted by atomic mass is 35.5. The van der Waals surface area contributed by atoms with Crippen molar-refractivity contribution in [3.63, 3.8) is 0 Å². The van der Waals surface area contributed by atoms with Crippen LogP contribution in [0.25, 0.3) is 0 Å². The molecule has 0 bridgehead atoms. The zero-order valence-corrected chi connectivity index (χ0v) is 18.9. The van der Waals surface area contributed by atoms with Crippen LogP contribution >= 0.6 is 23.4 Å². The van der Waals surface area contributed by atoms with Crippen molar-refractivity contribution in [2.75, 3.05) is 19.8 Å². The summed E-state index contributed by atoms with van der Waals surface area (Å²) in [5.74, 6) is 0.482. The Morgan fingerprint density at radius 2 is 2.03 bits per heavy atom. The number of hydrogen-bond donors (Lipinski definition) is 3. The molecule has 3 aliphatic rings. The van der Waals surface area contributed by atoms with E-state index in [0.717, 1.165) is 63.1 Å². The van der Waals surface area contributed by atoms with E-state index in [-0.39, 0.29) is 23.0 Å². The van der Waals surface area contributed by atoms with E-state index in [1.165, 1.54) is 0 Å². The van der Waals surface area contributed by atoms with E-state index in [1.807, 2.05) is 12.2 Å².